The number of aromatic nitrogens is 3. The van der Waals surface area contributed by atoms with E-state index in [1.165, 1.54) is 5.56 Å². The van der Waals surface area contributed by atoms with Crippen LogP contribution in [0.1, 0.15) is 49.9 Å². The van der Waals surface area contributed by atoms with Gasteiger partial charge in [-0.05, 0) is 11.5 Å². The fourth-order valence-electron chi connectivity index (χ4n) is 3.36. The van der Waals surface area contributed by atoms with Crippen molar-refractivity contribution in [1.82, 2.24) is 19.7 Å². The Morgan fingerprint density at radius 3 is 2.48 bits per heavy atom. The highest BCUT2D eigenvalue weighted by Gasteiger charge is 2.37. The standard InChI is InChI=1S/C17H24N4/c1-12(2)17-19-18-15(20(17)4)11-21-10-13(3)16(21)14-8-6-5-7-9-14/h5-9,12-13,16H,10-11H2,1-4H3/t13-,16+/m0/s1. The molecule has 0 radical (unpaired) electrons. The zero-order chi connectivity index (χ0) is 15.0. The molecule has 3 rings (SSSR count). The lowest BCUT2D eigenvalue weighted by Crippen LogP contribution is -2.48. The van der Waals surface area contributed by atoms with Crippen LogP contribution >= 0.6 is 0 Å². The molecule has 1 aliphatic rings. The Morgan fingerprint density at radius 1 is 1.19 bits per heavy atom. The first-order chi connectivity index (χ1) is 10.1. The Morgan fingerprint density at radius 2 is 1.90 bits per heavy atom. The van der Waals surface area contributed by atoms with E-state index in [9.17, 15) is 0 Å². The van der Waals surface area contributed by atoms with Gasteiger partial charge in [0.05, 0.1) is 6.54 Å². The van der Waals surface area contributed by atoms with E-state index in [1.807, 2.05) is 0 Å². The van der Waals surface area contributed by atoms with Crippen molar-refractivity contribution >= 4 is 0 Å². The lowest BCUT2D eigenvalue weighted by atomic mass is 9.85. The summed E-state index contributed by atoms with van der Waals surface area (Å²) in [5, 5.41) is 8.71. The number of hydrogen-bond donors (Lipinski definition) is 0. The second kappa shape index (κ2) is 5.60. The van der Waals surface area contributed by atoms with Crippen LogP contribution in [0.3, 0.4) is 0 Å². The Kier molecular flexibility index (Phi) is 3.81. The molecule has 0 saturated carbocycles. The Labute approximate surface area is 126 Å². The minimum absolute atomic E-state index is 0.413. The third kappa shape index (κ3) is 2.60. The first-order valence-corrected chi connectivity index (χ1v) is 7.75. The Balaban J connectivity index is 1.77. The Bertz CT molecular complexity index is 603. The zero-order valence-electron chi connectivity index (χ0n) is 13.3. The predicted molar refractivity (Wildman–Crippen MR) is 83.8 cm³/mol. The summed E-state index contributed by atoms with van der Waals surface area (Å²) in [7, 11) is 2.07. The number of hydrogen-bond acceptors (Lipinski definition) is 3. The second-order valence-corrected chi connectivity index (χ2v) is 6.45. The van der Waals surface area contributed by atoms with Gasteiger partial charge in [0, 0.05) is 25.6 Å². The fraction of sp³-hybridized carbons (Fsp3) is 0.529. The number of nitrogens with zero attached hydrogens (tertiary/aromatic N) is 4. The van der Waals surface area contributed by atoms with Crippen LogP contribution < -0.4 is 0 Å². The van der Waals surface area contributed by atoms with E-state index in [-0.39, 0.29) is 0 Å². The maximum Gasteiger partial charge on any atom is 0.146 e. The van der Waals surface area contributed by atoms with Crippen molar-refractivity contribution < 1.29 is 0 Å². The van der Waals surface area contributed by atoms with E-state index < -0.39 is 0 Å². The summed E-state index contributed by atoms with van der Waals surface area (Å²) in [6.07, 6.45) is 0. The van der Waals surface area contributed by atoms with E-state index in [1.54, 1.807) is 0 Å². The van der Waals surface area contributed by atoms with Crippen molar-refractivity contribution in [3.05, 3.63) is 47.5 Å². The molecule has 0 amide bonds. The third-order valence-electron chi connectivity index (χ3n) is 4.46. The van der Waals surface area contributed by atoms with Gasteiger partial charge in [-0.15, -0.1) is 10.2 Å². The first-order valence-electron chi connectivity index (χ1n) is 7.75. The molecule has 21 heavy (non-hydrogen) atoms. The number of benzene rings is 1. The molecule has 1 saturated heterocycles. The van der Waals surface area contributed by atoms with Crippen molar-refractivity contribution in [2.75, 3.05) is 6.54 Å². The van der Waals surface area contributed by atoms with Crippen molar-refractivity contribution in [3.8, 4) is 0 Å². The lowest BCUT2D eigenvalue weighted by Gasteiger charge is -2.46. The molecule has 0 bridgehead atoms. The van der Waals surface area contributed by atoms with Crippen LogP contribution in [0.4, 0.5) is 0 Å². The molecule has 4 heteroatoms. The van der Waals surface area contributed by atoms with Crippen LogP contribution in [0.15, 0.2) is 30.3 Å². The SMILES string of the molecule is CC(C)c1nnc(CN2C[C@H](C)[C@@H]2c2ccccc2)n1C. The van der Waals surface area contributed by atoms with Crippen LogP contribution in [0.5, 0.6) is 0 Å². The number of likely N-dealkylation sites (tertiary alicyclic amines) is 1. The van der Waals surface area contributed by atoms with Gasteiger partial charge in [-0.25, -0.2) is 0 Å². The molecule has 0 spiro atoms. The fourth-order valence-corrected chi connectivity index (χ4v) is 3.36. The maximum atomic E-state index is 4.38. The molecule has 0 aliphatic carbocycles. The minimum Gasteiger partial charge on any atom is -0.317 e. The van der Waals surface area contributed by atoms with E-state index >= 15 is 0 Å². The zero-order valence-corrected chi connectivity index (χ0v) is 13.3. The summed E-state index contributed by atoms with van der Waals surface area (Å²) in [4.78, 5) is 2.49. The monoisotopic (exact) mass is 284 g/mol. The highest BCUT2D eigenvalue weighted by atomic mass is 15.3. The molecule has 4 nitrogen and oxygen atoms in total. The lowest BCUT2D eigenvalue weighted by molar-refractivity contribution is 0.0132. The summed E-state index contributed by atoms with van der Waals surface area (Å²) in [5.41, 5.74) is 1.41. The quantitative estimate of drug-likeness (QED) is 0.865. The highest BCUT2D eigenvalue weighted by Crippen LogP contribution is 2.39. The smallest absolute Gasteiger partial charge is 0.146 e. The van der Waals surface area contributed by atoms with Crippen LogP contribution in [-0.4, -0.2) is 26.2 Å². The van der Waals surface area contributed by atoms with Gasteiger partial charge in [-0.1, -0.05) is 51.1 Å². The van der Waals surface area contributed by atoms with Gasteiger partial charge in [0.1, 0.15) is 11.6 Å². The molecule has 1 fully saturated rings. The van der Waals surface area contributed by atoms with E-state index in [0.717, 1.165) is 24.7 Å². The van der Waals surface area contributed by atoms with Gasteiger partial charge in [-0.3, -0.25) is 4.90 Å². The molecule has 1 aliphatic heterocycles. The second-order valence-electron chi connectivity index (χ2n) is 6.45. The highest BCUT2D eigenvalue weighted by molar-refractivity contribution is 5.22. The van der Waals surface area contributed by atoms with Gasteiger partial charge in [0.25, 0.3) is 0 Å². The summed E-state index contributed by atoms with van der Waals surface area (Å²) < 4.78 is 2.15. The molecule has 112 valence electrons. The largest absolute Gasteiger partial charge is 0.317 e. The number of rotatable bonds is 4. The van der Waals surface area contributed by atoms with Gasteiger partial charge in [-0.2, -0.15) is 0 Å². The average molecular weight is 284 g/mol. The van der Waals surface area contributed by atoms with Gasteiger partial charge in [0.2, 0.25) is 0 Å². The van der Waals surface area contributed by atoms with Gasteiger partial charge < -0.3 is 4.57 Å². The summed E-state index contributed by atoms with van der Waals surface area (Å²) in [6, 6.07) is 11.3. The molecular weight excluding hydrogens is 260 g/mol. The summed E-state index contributed by atoms with van der Waals surface area (Å²) in [6.45, 7) is 8.65. The normalized spacial score (nSPS) is 22.5. The molecule has 2 atom stereocenters. The van der Waals surface area contributed by atoms with Gasteiger partial charge >= 0.3 is 0 Å². The van der Waals surface area contributed by atoms with Gasteiger partial charge in [0.15, 0.2) is 0 Å². The molecule has 2 heterocycles. The molecule has 1 aromatic heterocycles. The van der Waals surface area contributed by atoms with Crippen molar-refractivity contribution in [3.63, 3.8) is 0 Å². The van der Waals surface area contributed by atoms with Crippen molar-refractivity contribution in [2.24, 2.45) is 13.0 Å². The molecule has 1 aromatic carbocycles. The van der Waals surface area contributed by atoms with E-state index in [2.05, 4.69) is 77.8 Å². The topological polar surface area (TPSA) is 34.0 Å². The minimum atomic E-state index is 0.413. The Hall–Kier alpha value is -1.68. The van der Waals surface area contributed by atoms with Crippen molar-refractivity contribution in [2.45, 2.75) is 39.3 Å². The predicted octanol–water partition coefficient (Wildman–Crippen LogP) is 3.13. The first kappa shape index (κ1) is 14.3. The van der Waals surface area contributed by atoms with E-state index in [4.69, 9.17) is 0 Å². The summed E-state index contributed by atoms with van der Waals surface area (Å²) >= 11 is 0. The third-order valence-corrected chi connectivity index (χ3v) is 4.46. The van der Waals surface area contributed by atoms with Crippen LogP contribution in [0.25, 0.3) is 0 Å². The van der Waals surface area contributed by atoms with E-state index in [0.29, 0.717) is 17.9 Å². The molecular formula is C17H24N4. The van der Waals surface area contributed by atoms with Crippen molar-refractivity contribution in [1.29, 1.82) is 0 Å². The van der Waals surface area contributed by atoms with Crippen LogP contribution in [-0.2, 0) is 13.6 Å². The average Bonchev–Trinajstić information content (AvgIpc) is 2.81. The molecule has 0 N–H and O–H groups in total. The molecule has 0 unspecified atom stereocenters. The molecule has 2 aromatic rings. The van der Waals surface area contributed by atoms with Crippen LogP contribution in [0, 0.1) is 5.92 Å². The maximum absolute atomic E-state index is 4.38. The van der Waals surface area contributed by atoms with Crippen LogP contribution in [0.2, 0.25) is 0 Å². The summed E-state index contributed by atoms with van der Waals surface area (Å²) in [5.74, 6) is 3.24.